The fourth-order valence-electron chi connectivity index (χ4n) is 1.78. The Bertz CT molecular complexity index is 406. The molecule has 1 N–H and O–H groups in total. The Morgan fingerprint density at radius 1 is 1.53 bits per heavy atom. The van der Waals surface area contributed by atoms with Gasteiger partial charge in [-0.2, -0.15) is 0 Å². The second-order valence-electron chi connectivity index (χ2n) is 4.14. The van der Waals surface area contributed by atoms with Gasteiger partial charge in [0.15, 0.2) is 5.17 Å². The zero-order chi connectivity index (χ0) is 12.1. The first-order valence-electron chi connectivity index (χ1n) is 5.96. The smallest absolute Gasteiger partial charge is 0.157 e. The molecule has 1 fully saturated rings. The van der Waals surface area contributed by atoms with E-state index in [1.54, 1.807) is 17.8 Å². The number of hydrogen-bond donors (Lipinski definition) is 1. The third kappa shape index (κ3) is 3.73. The molecule has 1 saturated heterocycles. The van der Waals surface area contributed by atoms with Crippen LogP contribution in [0.3, 0.4) is 0 Å². The molecule has 1 unspecified atom stereocenters. The molecule has 0 saturated carbocycles. The molecule has 2 nitrogen and oxygen atoms in total. The van der Waals surface area contributed by atoms with E-state index >= 15 is 0 Å². The second-order valence-corrected chi connectivity index (χ2v) is 5.22. The van der Waals surface area contributed by atoms with Gasteiger partial charge in [0.05, 0.1) is 6.54 Å². The molecule has 0 aromatic heterocycles. The summed E-state index contributed by atoms with van der Waals surface area (Å²) in [4.78, 5) is 4.49. The highest BCUT2D eigenvalue weighted by atomic mass is 32.2. The van der Waals surface area contributed by atoms with Crippen molar-refractivity contribution < 1.29 is 4.39 Å². The van der Waals surface area contributed by atoms with Crippen LogP contribution in [-0.4, -0.2) is 17.0 Å². The van der Waals surface area contributed by atoms with Crippen molar-refractivity contribution in [2.45, 2.75) is 32.4 Å². The number of amidine groups is 1. The van der Waals surface area contributed by atoms with Crippen molar-refractivity contribution in [1.29, 1.82) is 0 Å². The Labute approximate surface area is 106 Å². The van der Waals surface area contributed by atoms with Gasteiger partial charge in [0, 0.05) is 11.8 Å². The number of benzene rings is 1. The number of nitrogens with zero attached hydrogens (tertiary/aromatic N) is 1. The van der Waals surface area contributed by atoms with Gasteiger partial charge in [0.2, 0.25) is 0 Å². The zero-order valence-corrected chi connectivity index (χ0v) is 10.8. The third-order valence-corrected chi connectivity index (χ3v) is 3.78. The van der Waals surface area contributed by atoms with E-state index < -0.39 is 0 Å². The van der Waals surface area contributed by atoms with E-state index in [2.05, 4.69) is 17.2 Å². The number of nitrogens with one attached hydrogen (secondary N) is 1. The number of hydrogen-bond acceptors (Lipinski definition) is 2. The van der Waals surface area contributed by atoms with E-state index in [1.807, 2.05) is 6.07 Å². The van der Waals surface area contributed by atoms with Gasteiger partial charge < -0.3 is 5.32 Å². The van der Waals surface area contributed by atoms with Crippen LogP contribution in [0.15, 0.2) is 29.3 Å². The molecule has 92 valence electrons. The summed E-state index contributed by atoms with van der Waals surface area (Å²) in [7, 11) is 0. The number of aliphatic imine (C=N–C) groups is 1. The molecule has 1 atom stereocenters. The Morgan fingerprint density at radius 2 is 2.41 bits per heavy atom. The maximum absolute atomic E-state index is 13.0. The summed E-state index contributed by atoms with van der Waals surface area (Å²) >= 11 is 1.75. The lowest BCUT2D eigenvalue weighted by atomic mass is 10.2. The monoisotopic (exact) mass is 252 g/mol. The maximum atomic E-state index is 13.0. The number of thioether (sulfide) groups is 1. The molecule has 0 spiro atoms. The van der Waals surface area contributed by atoms with Crippen LogP contribution in [0.1, 0.15) is 25.3 Å². The summed E-state index contributed by atoms with van der Waals surface area (Å²) in [5.74, 6) is 0.923. The molecule has 1 aliphatic heterocycles. The molecule has 4 heteroatoms. The van der Waals surface area contributed by atoms with Gasteiger partial charge in [0.1, 0.15) is 5.82 Å². The maximum Gasteiger partial charge on any atom is 0.157 e. The molecule has 1 aliphatic rings. The lowest BCUT2D eigenvalue weighted by Crippen LogP contribution is -2.37. The topological polar surface area (TPSA) is 24.4 Å². The second kappa shape index (κ2) is 6.05. The average molecular weight is 252 g/mol. The molecule has 0 radical (unpaired) electrons. The molecular weight excluding hydrogens is 235 g/mol. The molecule has 1 aromatic carbocycles. The highest BCUT2D eigenvalue weighted by Crippen LogP contribution is 2.16. The summed E-state index contributed by atoms with van der Waals surface area (Å²) in [6.07, 6.45) is 2.32. The molecule has 0 bridgehead atoms. The van der Waals surface area contributed by atoms with E-state index in [0.29, 0.717) is 12.6 Å². The first-order chi connectivity index (χ1) is 8.28. The molecule has 2 rings (SSSR count). The SMILES string of the molecule is CCC1CCSC(=NCc2cccc(F)c2)N1. The van der Waals surface area contributed by atoms with Crippen molar-refractivity contribution in [2.24, 2.45) is 4.99 Å². The van der Waals surface area contributed by atoms with Crippen molar-refractivity contribution in [3.63, 3.8) is 0 Å². The van der Waals surface area contributed by atoms with Crippen LogP contribution in [0.4, 0.5) is 4.39 Å². The highest BCUT2D eigenvalue weighted by molar-refractivity contribution is 8.13. The van der Waals surface area contributed by atoms with Gasteiger partial charge in [-0.25, -0.2) is 4.39 Å². The zero-order valence-electron chi connectivity index (χ0n) is 9.95. The largest absolute Gasteiger partial charge is 0.362 e. The average Bonchev–Trinajstić information content (AvgIpc) is 2.37. The Balaban J connectivity index is 1.95. The fourth-order valence-corrected chi connectivity index (χ4v) is 2.78. The number of rotatable bonds is 3. The first-order valence-corrected chi connectivity index (χ1v) is 6.94. The number of halogens is 1. The van der Waals surface area contributed by atoms with Crippen molar-refractivity contribution in [3.8, 4) is 0 Å². The van der Waals surface area contributed by atoms with Crippen molar-refractivity contribution >= 4 is 16.9 Å². The molecule has 0 aliphatic carbocycles. The van der Waals surface area contributed by atoms with E-state index in [4.69, 9.17) is 0 Å². The van der Waals surface area contributed by atoms with Crippen LogP contribution in [0.25, 0.3) is 0 Å². The highest BCUT2D eigenvalue weighted by Gasteiger charge is 2.15. The van der Waals surface area contributed by atoms with E-state index in [1.165, 1.54) is 18.6 Å². The van der Waals surface area contributed by atoms with Crippen molar-refractivity contribution in [2.75, 3.05) is 5.75 Å². The van der Waals surface area contributed by atoms with E-state index in [0.717, 1.165) is 22.9 Å². The van der Waals surface area contributed by atoms with Gasteiger partial charge in [0.25, 0.3) is 0 Å². The minimum absolute atomic E-state index is 0.196. The fraction of sp³-hybridized carbons (Fsp3) is 0.462. The normalized spacial score (nSPS) is 22.5. The van der Waals surface area contributed by atoms with Gasteiger partial charge >= 0.3 is 0 Å². The van der Waals surface area contributed by atoms with Gasteiger partial charge in [-0.1, -0.05) is 30.8 Å². The third-order valence-electron chi connectivity index (χ3n) is 2.82. The lowest BCUT2D eigenvalue weighted by Gasteiger charge is -2.24. The molecule has 1 heterocycles. The van der Waals surface area contributed by atoms with Gasteiger partial charge in [-0.3, -0.25) is 4.99 Å². The van der Waals surface area contributed by atoms with Gasteiger partial charge in [-0.05, 0) is 30.5 Å². The Morgan fingerprint density at radius 3 is 3.18 bits per heavy atom. The van der Waals surface area contributed by atoms with Crippen molar-refractivity contribution in [1.82, 2.24) is 5.32 Å². The minimum Gasteiger partial charge on any atom is -0.362 e. The van der Waals surface area contributed by atoms with Crippen molar-refractivity contribution in [3.05, 3.63) is 35.6 Å². The molecule has 17 heavy (non-hydrogen) atoms. The van der Waals surface area contributed by atoms with Crippen LogP contribution < -0.4 is 5.32 Å². The quantitative estimate of drug-likeness (QED) is 0.893. The summed E-state index contributed by atoms with van der Waals surface area (Å²) in [5.41, 5.74) is 0.915. The first kappa shape index (κ1) is 12.4. The van der Waals surface area contributed by atoms with Crippen LogP contribution >= 0.6 is 11.8 Å². The lowest BCUT2D eigenvalue weighted by molar-refractivity contribution is 0.570. The van der Waals surface area contributed by atoms with E-state index in [9.17, 15) is 4.39 Å². The van der Waals surface area contributed by atoms with Crippen LogP contribution in [-0.2, 0) is 6.54 Å². The summed E-state index contributed by atoms with van der Waals surface area (Å²) in [6.45, 7) is 2.72. The summed E-state index contributed by atoms with van der Waals surface area (Å²) in [6, 6.07) is 7.16. The molecular formula is C13H17FN2S. The predicted molar refractivity (Wildman–Crippen MR) is 71.8 cm³/mol. The minimum atomic E-state index is -0.196. The Kier molecular flexibility index (Phi) is 4.42. The summed E-state index contributed by atoms with van der Waals surface area (Å²) in [5, 5.41) is 4.40. The summed E-state index contributed by atoms with van der Waals surface area (Å²) < 4.78 is 13.0. The standard InChI is InChI=1S/C13H17FN2S/c1-2-12-6-7-17-13(16-12)15-9-10-4-3-5-11(14)8-10/h3-5,8,12H,2,6-7,9H2,1H3,(H,15,16). The predicted octanol–water partition coefficient (Wildman–Crippen LogP) is 3.19. The Hall–Kier alpha value is -1.03. The van der Waals surface area contributed by atoms with E-state index in [-0.39, 0.29) is 5.82 Å². The molecule has 1 aromatic rings. The van der Waals surface area contributed by atoms with Gasteiger partial charge in [-0.15, -0.1) is 0 Å². The van der Waals surface area contributed by atoms with Crippen LogP contribution in [0.2, 0.25) is 0 Å². The van der Waals surface area contributed by atoms with Crippen LogP contribution in [0, 0.1) is 5.82 Å². The van der Waals surface area contributed by atoms with Crippen LogP contribution in [0.5, 0.6) is 0 Å². The molecule has 0 amide bonds.